The van der Waals surface area contributed by atoms with Crippen LogP contribution in [0.5, 0.6) is 0 Å². The normalized spacial score (nSPS) is 20.1. The molecular formula is C16H26N2O2S. The van der Waals surface area contributed by atoms with Crippen LogP contribution < -0.4 is 5.32 Å². The fourth-order valence-corrected chi connectivity index (χ4v) is 4.71. The average Bonchev–Trinajstić information content (AvgIpc) is 2.96. The van der Waals surface area contributed by atoms with E-state index in [0.29, 0.717) is 17.4 Å². The van der Waals surface area contributed by atoms with E-state index >= 15 is 0 Å². The highest BCUT2D eigenvalue weighted by Crippen LogP contribution is 2.30. The number of hydrogen-bond acceptors (Lipinski definition) is 3. The van der Waals surface area contributed by atoms with E-state index in [9.17, 15) is 8.42 Å². The molecule has 0 aromatic heterocycles. The molecule has 0 aliphatic carbocycles. The molecule has 1 aromatic rings. The standard InChI is InChI=1S/C16H26N2O2S/c1-4-11-17-14-7-9-15(10-8-14)21(19,20)18-12-5-6-16(18)13(2)3/h7-10,13,16-17H,4-6,11-12H2,1-3H3. The zero-order valence-corrected chi connectivity index (χ0v) is 14.0. The lowest BCUT2D eigenvalue weighted by molar-refractivity contribution is 0.316. The molecule has 1 saturated heterocycles. The van der Waals surface area contributed by atoms with Gasteiger partial charge in [0.1, 0.15) is 0 Å². The molecular weight excluding hydrogens is 284 g/mol. The first kappa shape index (κ1) is 16.3. The minimum absolute atomic E-state index is 0.132. The van der Waals surface area contributed by atoms with Crippen molar-refractivity contribution in [3.05, 3.63) is 24.3 Å². The van der Waals surface area contributed by atoms with E-state index in [2.05, 4.69) is 26.1 Å². The summed E-state index contributed by atoms with van der Waals surface area (Å²) in [6, 6.07) is 7.26. The maximum absolute atomic E-state index is 12.8. The van der Waals surface area contributed by atoms with Crippen molar-refractivity contribution < 1.29 is 8.42 Å². The summed E-state index contributed by atoms with van der Waals surface area (Å²) in [6.45, 7) is 7.83. The molecule has 2 rings (SSSR count). The molecule has 0 saturated carbocycles. The van der Waals surface area contributed by atoms with Crippen molar-refractivity contribution in [2.75, 3.05) is 18.4 Å². The van der Waals surface area contributed by atoms with Crippen LogP contribution in [0.1, 0.15) is 40.0 Å². The quantitative estimate of drug-likeness (QED) is 0.877. The molecule has 1 aliphatic heterocycles. The van der Waals surface area contributed by atoms with Gasteiger partial charge < -0.3 is 5.32 Å². The number of nitrogens with one attached hydrogen (secondary N) is 1. The second-order valence-corrected chi connectivity index (χ2v) is 7.91. The van der Waals surface area contributed by atoms with Crippen molar-refractivity contribution in [1.29, 1.82) is 0 Å². The average molecular weight is 310 g/mol. The van der Waals surface area contributed by atoms with Crippen molar-refractivity contribution in [2.24, 2.45) is 5.92 Å². The lowest BCUT2D eigenvalue weighted by atomic mass is 10.0. The first-order chi connectivity index (χ1) is 9.96. The number of nitrogens with zero attached hydrogens (tertiary/aromatic N) is 1. The molecule has 4 nitrogen and oxygen atoms in total. The number of benzene rings is 1. The Bertz CT molecular complexity index is 552. The van der Waals surface area contributed by atoms with Crippen molar-refractivity contribution in [3.63, 3.8) is 0 Å². The Balaban J connectivity index is 2.19. The van der Waals surface area contributed by atoms with E-state index in [1.54, 1.807) is 16.4 Å². The summed E-state index contributed by atoms with van der Waals surface area (Å²) in [6.07, 6.45) is 2.97. The molecule has 21 heavy (non-hydrogen) atoms. The largest absolute Gasteiger partial charge is 0.385 e. The first-order valence-electron chi connectivity index (χ1n) is 7.82. The van der Waals surface area contributed by atoms with Gasteiger partial charge in [-0.25, -0.2) is 8.42 Å². The Morgan fingerprint density at radius 3 is 2.52 bits per heavy atom. The van der Waals surface area contributed by atoms with Crippen LogP contribution in [0.4, 0.5) is 5.69 Å². The number of sulfonamides is 1. The van der Waals surface area contributed by atoms with Gasteiger partial charge in [-0.3, -0.25) is 0 Å². The van der Waals surface area contributed by atoms with Crippen molar-refractivity contribution in [2.45, 2.75) is 51.0 Å². The van der Waals surface area contributed by atoms with Crippen molar-refractivity contribution in [3.8, 4) is 0 Å². The van der Waals surface area contributed by atoms with Gasteiger partial charge in [0.15, 0.2) is 0 Å². The Labute approximate surface area is 128 Å². The zero-order valence-electron chi connectivity index (χ0n) is 13.2. The number of hydrogen-bond donors (Lipinski definition) is 1. The minimum atomic E-state index is -3.36. The number of rotatable bonds is 6. The summed E-state index contributed by atoms with van der Waals surface area (Å²) in [4.78, 5) is 0.400. The molecule has 0 bridgehead atoms. The molecule has 1 aromatic carbocycles. The maximum atomic E-state index is 12.8. The van der Waals surface area contributed by atoms with Gasteiger partial charge >= 0.3 is 0 Å². The highest BCUT2D eigenvalue weighted by Gasteiger charge is 2.36. The van der Waals surface area contributed by atoms with Crippen LogP contribution in [0.2, 0.25) is 0 Å². The van der Waals surface area contributed by atoms with Crippen LogP contribution in [-0.4, -0.2) is 31.9 Å². The molecule has 1 unspecified atom stereocenters. The molecule has 1 aliphatic rings. The van der Waals surface area contributed by atoms with Gasteiger partial charge in [0.05, 0.1) is 4.90 Å². The molecule has 0 radical (unpaired) electrons. The summed E-state index contributed by atoms with van der Waals surface area (Å²) in [5, 5.41) is 3.26. The van der Waals surface area contributed by atoms with Gasteiger partial charge in [0.25, 0.3) is 0 Å². The van der Waals surface area contributed by atoms with Crippen LogP contribution in [0.3, 0.4) is 0 Å². The van der Waals surface area contributed by atoms with E-state index in [-0.39, 0.29) is 6.04 Å². The third-order valence-electron chi connectivity index (χ3n) is 4.06. The third-order valence-corrected chi connectivity index (χ3v) is 6.00. The molecule has 0 spiro atoms. The lowest BCUT2D eigenvalue weighted by Crippen LogP contribution is -2.38. The van der Waals surface area contributed by atoms with E-state index < -0.39 is 10.0 Å². The van der Waals surface area contributed by atoms with Crippen LogP contribution in [0, 0.1) is 5.92 Å². The highest BCUT2D eigenvalue weighted by molar-refractivity contribution is 7.89. The first-order valence-corrected chi connectivity index (χ1v) is 9.26. The van der Waals surface area contributed by atoms with Gasteiger partial charge in [-0.05, 0) is 49.4 Å². The fraction of sp³-hybridized carbons (Fsp3) is 0.625. The van der Waals surface area contributed by atoms with Crippen LogP contribution in [0.15, 0.2) is 29.2 Å². The number of anilines is 1. The fourth-order valence-electron chi connectivity index (χ4n) is 2.88. The van der Waals surface area contributed by atoms with E-state index in [1.165, 1.54) is 0 Å². The smallest absolute Gasteiger partial charge is 0.243 e. The third kappa shape index (κ3) is 3.58. The SMILES string of the molecule is CCCNc1ccc(S(=O)(=O)N2CCCC2C(C)C)cc1. The second-order valence-electron chi connectivity index (χ2n) is 6.02. The summed E-state index contributed by atoms with van der Waals surface area (Å²) in [5.41, 5.74) is 0.970. The predicted molar refractivity (Wildman–Crippen MR) is 87.0 cm³/mol. The van der Waals surface area contributed by atoms with Crippen molar-refractivity contribution >= 4 is 15.7 Å². The van der Waals surface area contributed by atoms with Crippen LogP contribution in [-0.2, 0) is 10.0 Å². The van der Waals surface area contributed by atoms with Gasteiger partial charge in [0, 0.05) is 24.8 Å². The lowest BCUT2D eigenvalue weighted by Gasteiger charge is -2.27. The molecule has 118 valence electrons. The topological polar surface area (TPSA) is 49.4 Å². The van der Waals surface area contributed by atoms with E-state index in [4.69, 9.17) is 0 Å². The summed E-state index contributed by atoms with van der Waals surface area (Å²) in [7, 11) is -3.36. The molecule has 1 fully saturated rings. The van der Waals surface area contributed by atoms with E-state index in [0.717, 1.165) is 31.5 Å². The van der Waals surface area contributed by atoms with Crippen molar-refractivity contribution in [1.82, 2.24) is 4.31 Å². The molecule has 1 heterocycles. The van der Waals surface area contributed by atoms with Gasteiger partial charge in [0.2, 0.25) is 10.0 Å². The van der Waals surface area contributed by atoms with Gasteiger partial charge in [-0.2, -0.15) is 4.31 Å². The summed E-state index contributed by atoms with van der Waals surface area (Å²) >= 11 is 0. The minimum Gasteiger partial charge on any atom is -0.385 e. The summed E-state index contributed by atoms with van der Waals surface area (Å²) in [5.74, 6) is 0.354. The van der Waals surface area contributed by atoms with Gasteiger partial charge in [-0.15, -0.1) is 0 Å². The van der Waals surface area contributed by atoms with E-state index in [1.807, 2.05) is 12.1 Å². The summed E-state index contributed by atoms with van der Waals surface area (Å²) < 4.78 is 27.2. The Morgan fingerprint density at radius 1 is 1.29 bits per heavy atom. The predicted octanol–water partition coefficient (Wildman–Crippen LogP) is 3.32. The molecule has 1 N–H and O–H groups in total. The monoisotopic (exact) mass is 310 g/mol. The second kappa shape index (κ2) is 6.79. The Hall–Kier alpha value is -1.07. The molecule has 1 atom stereocenters. The van der Waals surface area contributed by atoms with Crippen LogP contribution in [0.25, 0.3) is 0 Å². The zero-order chi connectivity index (χ0) is 15.5. The molecule has 5 heteroatoms. The van der Waals surface area contributed by atoms with Crippen LogP contribution >= 0.6 is 0 Å². The van der Waals surface area contributed by atoms with Gasteiger partial charge in [-0.1, -0.05) is 20.8 Å². The molecule has 0 amide bonds. The Morgan fingerprint density at radius 2 is 1.95 bits per heavy atom. The maximum Gasteiger partial charge on any atom is 0.243 e. The Kier molecular flexibility index (Phi) is 5.27. The highest BCUT2D eigenvalue weighted by atomic mass is 32.2.